The lowest BCUT2D eigenvalue weighted by atomic mass is 10.2. The molecule has 0 saturated heterocycles. The van der Waals surface area contributed by atoms with E-state index in [4.69, 9.17) is 9.40 Å². The fourth-order valence-corrected chi connectivity index (χ4v) is 2.67. The molecule has 0 aliphatic heterocycles. The zero-order chi connectivity index (χ0) is 14.9. The quantitative estimate of drug-likeness (QED) is 0.626. The van der Waals surface area contributed by atoms with Crippen molar-refractivity contribution in [1.82, 2.24) is 14.6 Å². The Hall–Kier alpha value is -2.82. The van der Waals surface area contributed by atoms with E-state index in [0.717, 1.165) is 46.8 Å². The van der Waals surface area contributed by atoms with E-state index in [2.05, 4.69) is 22.5 Å². The molecule has 0 aliphatic carbocycles. The van der Waals surface area contributed by atoms with Crippen molar-refractivity contribution in [2.45, 2.75) is 13.3 Å². The first kappa shape index (κ1) is 12.9. The predicted molar refractivity (Wildman–Crippen MR) is 86.1 cm³/mol. The molecule has 5 nitrogen and oxygen atoms in total. The minimum Gasteiger partial charge on any atom is -0.469 e. The molecule has 3 aromatic heterocycles. The van der Waals surface area contributed by atoms with Crippen molar-refractivity contribution in [2.24, 2.45) is 0 Å². The molecule has 0 atom stereocenters. The summed E-state index contributed by atoms with van der Waals surface area (Å²) in [5, 5.41) is 9.00. The molecule has 4 rings (SSSR count). The molecule has 5 heteroatoms. The van der Waals surface area contributed by atoms with Crippen LogP contribution in [0, 0.1) is 6.92 Å². The maximum atomic E-state index is 5.36. The highest BCUT2D eigenvalue weighted by Crippen LogP contribution is 2.23. The number of rotatable bonds is 4. The lowest BCUT2D eigenvalue weighted by Crippen LogP contribution is -2.08. The van der Waals surface area contributed by atoms with Crippen LogP contribution in [-0.2, 0) is 6.42 Å². The Kier molecular flexibility index (Phi) is 3.04. The second kappa shape index (κ2) is 5.18. The molecule has 0 fully saturated rings. The summed E-state index contributed by atoms with van der Waals surface area (Å²) in [4.78, 5) is 4.70. The number of nitrogens with zero attached hydrogens (tertiary/aromatic N) is 3. The smallest absolute Gasteiger partial charge is 0.158 e. The van der Waals surface area contributed by atoms with Gasteiger partial charge in [0.2, 0.25) is 0 Å². The standard InChI is InChI=1S/C17H16N4O/c1-12-11-16-19-17(18-9-8-13-5-4-10-22-13)14-6-2-3-7-15(14)21(16)20-12/h2-7,10-11H,8-9H2,1H3,(H,18,19). The molecule has 4 aromatic rings. The molecule has 0 amide bonds. The van der Waals surface area contributed by atoms with Crippen molar-refractivity contribution in [3.8, 4) is 0 Å². The van der Waals surface area contributed by atoms with Gasteiger partial charge in [-0.3, -0.25) is 0 Å². The number of aryl methyl sites for hydroxylation is 1. The summed E-state index contributed by atoms with van der Waals surface area (Å²) in [7, 11) is 0. The molecule has 0 radical (unpaired) electrons. The minimum atomic E-state index is 0.772. The third-order valence-electron chi connectivity index (χ3n) is 3.67. The molecule has 110 valence electrons. The molecular weight excluding hydrogens is 276 g/mol. The largest absolute Gasteiger partial charge is 0.469 e. The van der Waals surface area contributed by atoms with Crippen LogP contribution >= 0.6 is 0 Å². The van der Waals surface area contributed by atoms with Crippen LogP contribution in [0.5, 0.6) is 0 Å². The van der Waals surface area contributed by atoms with Gasteiger partial charge in [0.05, 0.1) is 17.5 Å². The Balaban J connectivity index is 1.71. The van der Waals surface area contributed by atoms with E-state index >= 15 is 0 Å². The fraction of sp³-hybridized carbons (Fsp3) is 0.176. The predicted octanol–water partition coefficient (Wildman–Crippen LogP) is 3.44. The molecule has 0 bridgehead atoms. The van der Waals surface area contributed by atoms with Crippen molar-refractivity contribution < 1.29 is 4.42 Å². The topological polar surface area (TPSA) is 55.4 Å². The van der Waals surface area contributed by atoms with Gasteiger partial charge in [0.25, 0.3) is 0 Å². The van der Waals surface area contributed by atoms with Gasteiger partial charge in [-0.2, -0.15) is 5.10 Å². The Bertz CT molecular complexity index is 925. The highest BCUT2D eigenvalue weighted by molar-refractivity contribution is 5.91. The van der Waals surface area contributed by atoms with Gasteiger partial charge < -0.3 is 9.73 Å². The van der Waals surface area contributed by atoms with Gasteiger partial charge in [-0.05, 0) is 31.2 Å². The molecule has 3 heterocycles. The van der Waals surface area contributed by atoms with E-state index in [9.17, 15) is 0 Å². The summed E-state index contributed by atoms with van der Waals surface area (Å²) in [6.07, 6.45) is 2.52. The van der Waals surface area contributed by atoms with Crippen LogP contribution in [0.25, 0.3) is 16.6 Å². The van der Waals surface area contributed by atoms with E-state index in [1.54, 1.807) is 6.26 Å². The molecule has 0 aliphatic rings. The van der Waals surface area contributed by atoms with Gasteiger partial charge in [0, 0.05) is 24.4 Å². The maximum Gasteiger partial charge on any atom is 0.158 e. The van der Waals surface area contributed by atoms with Gasteiger partial charge in [-0.1, -0.05) is 12.1 Å². The van der Waals surface area contributed by atoms with Crippen LogP contribution in [0.2, 0.25) is 0 Å². The molecule has 22 heavy (non-hydrogen) atoms. The summed E-state index contributed by atoms with van der Waals surface area (Å²) >= 11 is 0. The van der Waals surface area contributed by atoms with Crippen LogP contribution in [0.4, 0.5) is 5.82 Å². The Morgan fingerprint density at radius 1 is 1.18 bits per heavy atom. The minimum absolute atomic E-state index is 0.772. The molecule has 0 unspecified atom stereocenters. The van der Waals surface area contributed by atoms with Crippen LogP contribution < -0.4 is 5.32 Å². The van der Waals surface area contributed by atoms with E-state index in [1.807, 2.05) is 41.8 Å². The normalized spacial score (nSPS) is 11.3. The van der Waals surface area contributed by atoms with Gasteiger partial charge in [-0.25, -0.2) is 9.50 Å². The number of benzene rings is 1. The van der Waals surface area contributed by atoms with E-state index in [0.29, 0.717) is 0 Å². The van der Waals surface area contributed by atoms with Crippen LogP contribution in [0.1, 0.15) is 11.5 Å². The first-order valence-corrected chi connectivity index (χ1v) is 7.33. The van der Waals surface area contributed by atoms with Crippen LogP contribution in [-0.4, -0.2) is 21.1 Å². The van der Waals surface area contributed by atoms with Crippen LogP contribution in [0.3, 0.4) is 0 Å². The Morgan fingerprint density at radius 3 is 2.95 bits per heavy atom. The number of hydrogen-bond donors (Lipinski definition) is 1. The number of aromatic nitrogens is 3. The monoisotopic (exact) mass is 292 g/mol. The van der Waals surface area contributed by atoms with E-state index < -0.39 is 0 Å². The lowest BCUT2D eigenvalue weighted by molar-refractivity contribution is 0.513. The highest BCUT2D eigenvalue weighted by Gasteiger charge is 2.09. The van der Waals surface area contributed by atoms with Gasteiger partial charge in [0.1, 0.15) is 11.6 Å². The van der Waals surface area contributed by atoms with Crippen molar-refractivity contribution >= 4 is 22.4 Å². The summed E-state index contributed by atoms with van der Waals surface area (Å²) in [6.45, 7) is 2.75. The zero-order valence-electron chi connectivity index (χ0n) is 12.3. The van der Waals surface area contributed by atoms with Crippen molar-refractivity contribution in [1.29, 1.82) is 0 Å². The van der Waals surface area contributed by atoms with E-state index in [-0.39, 0.29) is 0 Å². The van der Waals surface area contributed by atoms with Crippen molar-refractivity contribution in [3.05, 3.63) is 60.2 Å². The maximum absolute atomic E-state index is 5.36. The average molecular weight is 292 g/mol. The number of anilines is 1. The van der Waals surface area contributed by atoms with E-state index in [1.165, 1.54) is 0 Å². The summed E-state index contributed by atoms with van der Waals surface area (Å²) in [5.74, 6) is 1.85. The number of fused-ring (bicyclic) bond motifs is 3. The fourth-order valence-electron chi connectivity index (χ4n) is 2.67. The summed E-state index contributed by atoms with van der Waals surface area (Å²) < 4.78 is 7.25. The summed E-state index contributed by atoms with van der Waals surface area (Å²) in [6, 6.07) is 14.0. The number of para-hydroxylation sites is 1. The average Bonchev–Trinajstić information content (AvgIpc) is 3.16. The lowest BCUT2D eigenvalue weighted by Gasteiger charge is -2.09. The first-order valence-electron chi connectivity index (χ1n) is 7.33. The molecule has 1 N–H and O–H groups in total. The zero-order valence-corrected chi connectivity index (χ0v) is 12.3. The number of furan rings is 1. The van der Waals surface area contributed by atoms with Gasteiger partial charge >= 0.3 is 0 Å². The third kappa shape index (κ3) is 2.20. The number of nitrogens with one attached hydrogen (secondary N) is 1. The Morgan fingerprint density at radius 2 is 2.09 bits per heavy atom. The van der Waals surface area contributed by atoms with Crippen molar-refractivity contribution in [2.75, 3.05) is 11.9 Å². The second-order valence-electron chi connectivity index (χ2n) is 5.29. The highest BCUT2D eigenvalue weighted by atomic mass is 16.3. The van der Waals surface area contributed by atoms with Gasteiger partial charge in [-0.15, -0.1) is 0 Å². The van der Waals surface area contributed by atoms with Crippen molar-refractivity contribution in [3.63, 3.8) is 0 Å². The molecule has 0 spiro atoms. The second-order valence-corrected chi connectivity index (χ2v) is 5.29. The molecule has 1 aromatic carbocycles. The molecule has 0 saturated carbocycles. The number of hydrogen-bond acceptors (Lipinski definition) is 4. The van der Waals surface area contributed by atoms with Crippen LogP contribution in [0.15, 0.2) is 53.1 Å². The molecular formula is C17H16N4O. The first-order chi connectivity index (χ1) is 10.8. The third-order valence-corrected chi connectivity index (χ3v) is 3.67. The Labute approximate surface area is 127 Å². The van der Waals surface area contributed by atoms with Gasteiger partial charge in [0.15, 0.2) is 5.65 Å². The summed E-state index contributed by atoms with van der Waals surface area (Å²) in [5.41, 5.74) is 2.88. The SMILES string of the molecule is Cc1cc2nc(NCCc3ccco3)c3ccccc3n2n1.